The molecule has 50 heavy (non-hydrogen) atoms. The number of carbonyl (C=O) groups is 1. The number of benzene rings is 2. The number of likely N-dealkylation sites (tertiary alicyclic amines) is 2. The van der Waals surface area contributed by atoms with Gasteiger partial charge < -0.3 is 25.4 Å². The number of carbonyl (C=O) groups excluding carboxylic acids is 1. The van der Waals surface area contributed by atoms with Crippen LogP contribution in [0.4, 0.5) is 13.2 Å². The number of halogens is 3. The molecule has 0 bridgehead atoms. The first-order valence-corrected chi connectivity index (χ1v) is 18.1. The van der Waals surface area contributed by atoms with E-state index < -0.39 is 17.8 Å². The Hall–Kier alpha value is -3.78. The highest BCUT2D eigenvalue weighted by atomic mass is 32.1. The first-order valence-electron chi connectivity index (χ1n) is 17.2. The monoisotopic (exact) mass is 711 g/mol. The van der Waals surface area contributed by atoms with Crippen molar-refractivity contribution in [3.63, 3.8) is 0 Å². The molecule has 2 aromatic carbocycles. The number of pyridine rings is 1. The van der Waals surface area contributed by atoms with Crippen molar-refractivity contribution < 1.29 is 28.2 Å². The van der Waals surface area contributed by atoms with E-state index in [0.29, 0.717) is 29.7 Å². The number of amides is 1. The van der Waals surface area contributed by atoms with Crippen LogP contribution in [0.2, 0.25) is 0 Å². The summed E-state index contributed by atoms with van der Waals surface area (Å²) in [5.41, 5.74) is 1.24. The Kier molecular flexibility index (Phi) is 10.7. The van der Waals surface area contributed by atoms with Gasteiger partial charge in [-0.2, -0.15) is 13.2 Å². The quantitative estimate of drug-likeness (QED) is 0.144. The van der Waals surface area contributed by atoms with Gasteiger partial charge >= 0.3 is 6.18 Å². The molecule has 9 nitrogen and oxygen atoms in total. The number of H-pyrrole nitrogens is 1. The number of hydrogen-bond acceptors (Lipinski definition) is 8. The molecule has 4 N–H and O–H groups in total. The van der Waals surface area contributed by atoms with Crippen LogP contribution in [-0.2, 0) is 19.1 Å². The number of aromatic amines is 1. The van der Waals surface area contributed by atoms with Gasteiger partial charge in [0.25, 0.3) is 5.91 Å². The Labute approximate surface area is 293 Å². The van der Waals surface area contributed by atoms with Gasteiger partial charge in [0.05, 0.1) is 22.2 Å². The molecule has 4 aromatic rings. The van der Waals surface area contributed by atoms with Gasteiger partial charge in [-0.1, -0.05) is 32.0 Å². The number of hydrogen-bond donors (Lipinski definition) is 4. The molecule has 0 unspecified atom stereocenters. The van der Waals surface area contributed by atoms with Crippen LogP contribution in [0, 0.1) is 5.41 Å². The van der Waals surface area contributed by atoms with Crippen molar-refractivity contribution in [2.45, 2.75) is 70.7 Å². The molecular weight excluding hydrogens is 667 g/mol. The number of aromatic nitrogens is 2. The number of aliphatic hydroxyl groups excluding tert-OH is 1. The number of aliphatic hydroxyl groups is 1. The van der Waals surface area contributed by atoms with Crippen molar-refractivity contribution in [1.29, 1.82) is 0 Å². The predicted octanol–water partition coefficient (Wildman–Crippen LogP) is 6.22. The second-order valence-electron chi connectivity index (χ2n) is 14.1. The summed E-state index contributed by atoms with van der Waals surface area (Å²) in [5.74, 6) is 0.164. The number of rotatable bonds is 10. The van der Waals surface area contributed by atoms with Gasteiger partial charge in [0, 0.05) is 48.9 Å². The van der Waals surface area contributed by atoms with Gasteiger partial charge in [-0.15, -0.1) is 11.3 Å². The summed E-state index contributed by atoms with van der Waals surface area (Å²) in [6, 6.07) is 10.2. The van der Waals surface area contributed by atoms with Gasteiger partial charge in [-0.05, 0) is 92.0 Å². The second-order valence-corrected chi connectivity index (χ2v) is 15.0. The van der Waals surface area contributed by atoms with Crippen molar-refractivity contribution >= 4 is 28.1 Å². The molecule has 1 amide bonds. The third kappa shape index (κ3) is 8.06. The van der Waals surface area contributed by atoms with Gasteiger partial charge in [-0.25, -0.2) is 4.98 Å². The van der Waals surface area contributed by atoms with E-state index in [-0.39, 0.29) is 59.1 Å². The molecule has 2 aliphatic rings. The van der Waals surface area contributed by atoms with Gasteiger partial charge in [0.2, 0.25) is 5.56 Å². The fourth-order valence-corrected chi connectivity index (χ4v) is 8.21. The standard InChI is InChI=1S/C37H44F3N5O4S/c1-23(2)34-42-29(21-50-34)35(49)45-15-3-11-36(22-45)12-16-44(17-13-36)20-24-4-7-28(37(38,39)40)25(18-24)10-14-41-19-31(47)26-5-8-30(46)33-27(26)6-9-32(48)43-33/h4-9,18,21,23,31,41,46-47H,3,10-17,19-20,22H2,1-2H3,(H,43,48)/t31-/m0/s1. The van der Waals surface area contributed by atoms with E-state index in [1.165, 1.54) is 35.6 Å². The van der Waals surface area contributed by atoms with Gasteiger partial charge in [0.15, 0.2) is 0 Å². The first kappa shape index (κ1) is 36.0. The third-order valence-electron chi connectivity index (χ3n) is 10.2. The number of thiazole rings is 1. The van der Waals surface area contributed by atoms with Crippen molar-refractivity contribution in [3.05, 3.63) is 91.2 Å². The Morgan fingerprint density at radius 1 is 1.10 bits per heavy atom. The summed E-state index contributed by atoms with van der Waals surface area (Å²) in [6.07, 6.45) is -1.52. The zero-order chi connectivity index (χ0) is 35.6. The van der Waals surface area contributed by atoms with Gasteiger partial charge in [-0.3, -0.25) is 14.5 Å². The summed E-state index contributed by atoms with van der Waals surface area (Å²) in [6.45, 7) is 8.03. The van der Waals surface area contributed by atoms with Crippen LogP contribution < -0.4 is 10.9 Å². The molecule has 0 aliphatic carbocycles. The summed E-state index contributed by atoms with van der Waals surface area (Å²) >= 11 is 1.53. The summed E-state index contributed by atoms with van der Waals surface area (Å²) in [4.78, 5) is 36.4. The predicted molar refractivity (Wildman–Crippen MR) is 187 cm³/mol. The summed E-state index contributed by atoms with van der Waals surface area (Å²) in [7, 11) is 0. The maximum Gasteiger partial charge on any atom is 0.416 e. The fraction of sp³-hybridized carbons (Fsp3) is 0.486. The van der Waals surface area contributed by atoms with E-state index in [1.54, 1.807) is 18.2 Å². The number of phenolic OH excluding ortho intramolecular Hbond substituents is 1. The summed E-state index contributed by atoms with van der Waals surface area (Å²) < 4.78 is 42.0. The lowest BCUT2D eigenvalue weighted by molar-refractivity contribution is -0.138. The Bertz CT molecular complexity index is 1880. The molecule has 2 fully saturated rings. The number of alkyl halides is 3. The summed E-state index contributed by atoms with van der Waals surface area (Å²) in [5, 5.41) is 27.4. The average Bonchev–Trinajstić information content (AvgIpc) is 3.59. The smallest absolute Gasteiger partial charge is 0.416 e. The van der Waals surface area contributed by atoms with Crippen molar-refractivity contribution in [2.24, 2.45) is 5.41 Å². The minimum atomic E-state index is -4.49. The van der Waals surface area contributed by atoms with Crippen molar-refractivity contribution in [2.75, 3.05) is 39.3 Å². The highest BCUT2D eigenvalue weighted by Gasteiger charge is 2.40. The topological polar surface area (TPSA) is 122 Å². The van der Waals surface area contributed by atoms with E-state index >= 15 is 0 Å². The minimum absolute atomic E-state index is 0.00218. The molecule has 0 saturated carbocycles. The lowest BCUT2D eigenvalue weighted by Crippen LogP contribution is -2.51. The molecule has 2 aliphatic heterocycles. The average molecular weight is 712 g/mol. The number of phenols is 1. The van der Waals surface area contributed by atoms with Crippen LogP contribution in [0.1, 0.15) is 89.3 Å². The van der Waals surface area contributed by atoms with Gasteiger partial charge in [0.1, 0.15) is 11.4 Å². The van der Waals surface area contributed by atoms with Crippen LogP contribution in [0.5, 0.6) is 5.75 Å². The highest BCUT2D eigenvalue weighted by molar-refractivity contribution is 7.09. The van der Waals surface area contributed by atoms with E-state index in [0.717, 1.165) is 55.9 Å². The van der Waals surface area contributed by atoms with Crippen LogP contribution in [0.25, 0.3) is 10.9 Å². The molecule has 0 radical (unpaired) electrons. The Balaban J connectivity index is 1.05. The van der Waals surface area contributed by atoms with E-state index in [4.69, 9.17) is 0 Å². The third-order valence-corrected chi connectivity index (χ3v) is 11.3. The molecule has 268 valence electrons. The second kappa shape index (κ2) is 14.8. The van der Waals surface area contributed by atoms with Crippen LogP contribution in [0.15, 0.2) is 52.6 Å². The fourth-order valence-electron chi connectivity index (χ4n) is 7.40. The maximum absolute atomic E-state index is 14.0. The molecule has 13 heteroatoms. The van der Waals surface area contributed by atoms with Crippen molar-refractivity contribution in [1.82, 2.24) is 25.1 Å². The largest absolute Gasteiger partial charge is 0.506 e. The van der Waals surface area contributed by atoms with E-state index in [1.807, 2.05) is 10.3 Å². The molecule has 6 rings (SSSR count). The number of nitrogens with one attached hydrogen (secondary N) is 2. The zero-order valence-corrected chi connectivity index (χ0v) is 29.2. The number of aromatic hydroxyl groups is 1. The van der Waals surface area contributed by atoms with E-state index in [2.05, 4.69) is 34.0 Å². The van der Waals surface area contributed by atoms with Crippen LogP contribution in [-0.4, -0.2) is 75.2 Å². The highest BCUT2D eigenvalue weighted by Crippen LogP contribution is 2.41. The number of fused-ring (bicyclic) bond motifs is 1. The SMILES string of the molecule is CC(C)c1nc(C(=O)N2CCCC3(CCN(Cc4ccc(C(F)(F)F)c(CCNC[C@H](O)c5ccc(O)c6[nH]c(=O)ccc56)c4)CC3)C2)cs1. The Morgan fingerprint density at radius 2 is 1.88 bits per heavy atom. The molecule has 4 heterocycles. The lowest BCUT2D eigenvalue weighted by atomic mass is 9.72. The maximum atomic E-state index is 14.0. The normalized spacial score (nSPS) is 17.5. The minimum Gasteiger partial charge on any atom is -0.506 e. The number of piperidine rings is 2. The van der Waals surface area contributed by atoms with Crippen molar-refractivity contribution in [3.8, 4) is 5.75 Å². The molecule has 1 spiro atoms. The molecule has 1 atom stereocenters. The molecule has 2 aromatic heterocycles. The Morgan fingerprint density at radius 3 is 2.60 bits per heavy atom. The molecule has 2 saturated heterocycles. The molecular formula is C37H44F3N5O4S. The van der Waals surface area contributed by atoms with Crippen LogP contribution in [0.3, 0.4) is 0 Å². The van der Waals surface area contributed by atoms with E-state index in [9.17, 15) is 33.0 Å². The zero-order valence-electron chi connectivity index (χ0n) is 28.4. The first-order chi connectivity index (χ1) is 23.8. The van der Waals surface area contributed by atoms with Crippen LogP contribution >= 0.6 is 11.3 Å². The lowest BCUT2D eigenvalue weighted by Gasteiger charge is -2.47. The number of nitrogens with zero attached hydrogens (tertiary/aromatic N) is 3.